The van der Waals surface area contributed by atoms with E-state index in [0.717, 1.165) is 23.7 Å². The summed E-state index contributed by atoms with van der Waals surface area (Å²) in [6, 6.07) is 9.86. The molecule has 0 amide bonds. The van der Waals surface area contributed by atoms with Crippen molar-refractivity contribution < 1.29 is 9.53 Å². The van der Waals surface area contributed by atoms with Crippen molar-refractivity contribution in [3.8, 4) is 11.8 Å². The molecule has 2 rings (SSSR count). The fourth-order valence-electron chi connectivity index (χ4n) is 2.62. The molecule has 1 aromatic heterocycles. The van der Waals surface area contributed by atoms with Crippen LogP contribution in [0.5, 0.6) is 0 Å². The first-order chi connectivity index (χ1) is 11.3. The van der Waals surface area contributed by atoms with Gasteiger partial charge in [-0.05, 0) is 25.5 Å². The summed E-state index contributed by atoms with van der Waals surface area (Å²) >= 11 is 0. The lowest BCUT2D eigenvalue weighted by molar-refractivity contribution is 0.0515. The smallest absolute Gasteiger partial charge is 0.355 e. The SMILES string of the molecule is CCCCCCC#CCn1c(C(=O)OCC)cc2ccccc21. The number of esters is 1. The number of carbonyl (C=O) groups excluding carboxylic acids is 1. The van der Waals surface area contributed by atoms with Crippen LogP contribution < -0.4 is 0 Å². The Hall–Kier alpha value is -2.21. The van der Waals surface area contributed by atoms with Crippen LogP contribution in [0.15, 0.2) is 30.3 Å². The largest absolute Gasteiger partial charge is 0.461 e. The van der Waals surface area contributed by atoms with E-state index in [9.17, 15) is 4.79 Å². The highest BCUT2D eigenvalue weighted by molar-refractivity contribution is 5.95. The minimum Gasteiger partial charge on any atom is -0.461 e. The van der Waals surface area contributed by atoms with E-state index in [1.807, 2.05) is 41.8 Å². The second-order valence-corrected chi connectivity index (χ2v) is 5.56. The summed E-state index contributed by atoms with van der Waals surface area (Å²) in [5.41, 5.74) is 1.60. The van der Waals surface area contributed by atoms with Crippen LogP contribution in [0.4, 0.5) is 0 Å². The molecule has 0 spiro atoms. The number of para-hydroxylation sites is 1. The maximum absolute atomic E-state index is 12.2. The maximum Gasteiger partial charge on any atom is 0.355 e. The Balaban J connectivity index is 2.13. The Kier molecular flexibility index (Phi) is 6.75. The highest BCUT2D eigenvalue weighted by Crippen LogP contribution is 2.20. The van der Waals surface area contributed by atoms with E-state index in [1.54, 1.807) is 0 Å². The van der Waals surface area contributed by atoms with Gasteiger partial charge >= 0.3 is 5.97 Å². The second-order valence-electron chi connectivity index (χ2n) is 5.56. The van der Waals surface area contributed by atoms with E-state index in [-0.39, 0.29) is 5.97 Å². The van der Waals surface area contributed by atoms with Crippen molar-refractivity contribution in [2.24, 2.45) is 0 Å². The predicted molar refractivity (Wildman–Crippen MR) is 94.4 cm³/mol. The molecule has 0 atom stereocenters. The molecule has 3 nitrogen and oxygen atoms in total. The minimum absolute atomic E-state index is 0.284. The van der Waals surface area contributed by atoms with Crippen molar-refractivity contribution in [3.63, 3.8) is 0 Å². The third kappa shape index (κ3) is 4.63. The standard InChI is InChI=1S/C20H25NO2/c1-3-5-6-7-8-9-12-15-21-18-14-11-10-13-17(18)16-19(21)20(22)23-4-2/h10-11,13-14,16H,3-8,15H2,1-2H3. The molecule has 0 N–H and O–H groups in total. The van der Waals surface area contributed by atoms with E-state index < -0.39 is 0 Å². The molecule has 1 aromatic carbocycles. The van der Waals surface area contributed by atoms with Crippen LogP contribution in [0, 0.1) is 11.8 Å². The Bertz CT molecular complexity index is 703. The van der Waals surface area contributed by atoms with Gasteiger partial charge in [0.1, 0.15) is 5.69 Å². The number of aromatic nitrogens is 1. The van der Waals surface area contributed by atoms with Gasteiger partial charge in [0.05, 0.1) is 13.2 Å². The quantitative estimate of drug-likeness (QED) is 0.418. The van der Waals surface area contributed by atoms with Crippen LogP contribution in [-0.4, -0.2) is 17.1 Å². The van der Waals surface area contributed by atoms with Gasteiger partial charge < -0.3 is 9.30 Å². The Morgan fingerprint density at radius 2 is 1.96 bits per heavy atom. The number of fused-ring (bicyclic) bond motifs is 1. The second kappa shape index (κ2) is 9.05. The van der Waals surface area contributed by atoms with Gasteiger partial charge in [0.2, 0.25) is 0 Å². The molecule has 2 aromatic rings. The van der Waals surface area contributed by atoms with E-state index >= 15 is 0 Å². The average molecular weight is 311 g/mol. The minimum atomic E-state index is -0.284. The molecule has 0 aliphatic rings. The van der Waals surface area contributed by atoms with E-state index in [0.29, 0.717) is 18.8 Å². The van der Waals surface area contributed by atoms with Crippen molar-refractivity contribution in [1.82, 2.24) is 4.57 Å². The lowest BCUT2D eigenvalue weighted by atomic mass is 10.2. The van der Waals surface area contributed by atoms with Gasteiger partial charge in [0.25, 0.3) is 0 Å². The zero-order chi connectivity index (χ0) is 16.5. The number of rotatable bonds is 7. The number of nitrogens with zero attached hydrogens (tertiary/aromatic N) is 1. The van der Waals surface area contributed by atoms with Gasteiger partial charge in [-0.2, -0.15) is 0 Å². The molecule has 0 fully saturated rings. The van der Waals surface area contributed by atoms with Gasteiger partial charge in [0.15, 0.2) is 0 Å². The lowest BCUT2D eigenvalue weighted by Gasteiger charge is -2.06. The Labute approximate surface area is 138 Å². The van der Waals surface area contributed by atoms with Crippen LogP contribution >= 0.6 is 0 Å². The molecule has 122 valence electrons. The Morgan fingerprint density at radius 3 is 2.74 bits per heavy atom. The number of unbranched alkanes of at least 4 members (excludes halogenated alkanes) is 4. The van der Waals surface area contributed by atoms with Gasteiger partial charge in [0, 0.05) is 17.3 Å². The zero-order valence-electron chi connectivity index (χ0n) is 14.1. The zero-order valence-corrected chi connectivity index (χ0v) is 14.1. The summed E-state index contributed by atoms with van der Waals surface area (Å²) < 4.78 is 7.11. The van der Waals surface area contributed by atoms with Crippen LogP contribution in [0.25, 0.3) is 10.9 Å². The molecule has 0 bridgehead atoms. The van der Waals surface area contributed by atoms with Gasteiger partial charge in [-0.3, -0.25) is 0 Å². The number of ether oxygens (including phenoxy) is 1. The molecule has 0 saturated heterocycles. The number of benzene rings is 1. The first-order valence-electron chi connectivity index (χ1n) is 8.49. The van der Waals surface area contributed by atoms with E-state index in [4.69, 9.17) is 4.74 Å². The van der Waals surface area contributed by atoms with Crippen molar-refractivity contribution in [1.29, 1.82) is 0 Å². The molecule has 0 unspecified atom stereocenters. The fraction of sp³-hybridized carbons (Fsp3) is 0.450. The summed E-state index contributed by atoms with van der Waals surface area (Å²) in [4.78, 5) is 12.2. The summed E-state index contributed by atoms with van der Waals surface area (Å²) in [7, 11) is 0. The lowest BCUT2D eigenvalue weighted by Crippen LogP contribution is -2.11. The van der Waals surface area contributed by atoms with Crippen LogP contribution in [-0.2, 0) is 11.3 Å². The van der Waals surface area contributed by atoms with Crippen LogP contribution in [0.1, 0.15) is 56.4 Å². The van der Waals surface area contributed by atoms with Crippen molar-refractivity contribution in [2.75, 3.05) is 6.61 Å². The Morgan fingerprint density at radius 1 is 1.13 bits per heavy atom. The molecule has 23 heavy (non-hydrogen) atoms. The highest BCUT2D eigenvalue weighted by Gasteiger charge is 2.15. The maximum atomic E-state index is 12.2. The van der Waals surface area contributed by atoms with E-state index in [2.05, 4.69) is 18.8 Å². The van der Waals surface area contributed by atoms with Crippen molar-refractivity contribution >= 4 is 16.9 Å². The topological polar surface area (TPSA) is 31.2 Å². The normalized spacial score (nSPS) is 10.3. The van der Waals surface area contributed by atoms with Crippen LogP contribution in [0.2, 0.25) is 0 Å². The predicted octanol–water partition coefficient (Wildman–Crippen LogP) is 4.79. The van der Waals surface area contributed by atoms with Crippen molar-refractivity contribution in [2.45, 2.75) is 52.5 Å². The monoisotopic (exact) mass is 311 g/mol. The first kappa shape index (κ1) is 17.1. The molecule has 0 radical (unpaired) electrons. The molecule has 1 heterocycles. The molecule has 0 aliphatic carbocycles. The third-order valence-electron chi connectivity index (χ3n) is 3.81. The summed E-state index contributed by atoms with van der Waals surface area (Å²) in [5.74, 6) is 6.14. The molecule has 3 heteroatoms. The fourth-order valence-corrected chi connectivity index (χ4v) is 2.62. The molecule has 0 saturated carbocycles. The number of hydrogen-bond acceptors (Lipinski definition) is 2. The molecular formula is C20H25NO2. The number of carbonyl (C=O) groups is 1. The van der Waals surface area contributed by atoms with Gasteiger partial charge in [-0.25, -0.2) is 4.79 Å². The third-order valence-corrected chi connectivity index (χ3v) is 3.81. The summed E-state index contributed by atoms with van der Waals surface area (Å²) in [6.07, 6.45) is 5.83. The number of hydrogen-bond donors (Lipinski definition) is 0. The summed E-state index contributed by atoms with van der Waals surface area (Å²) in [6.45, 7) is 4.93. The molecule has 0 aliphatic heterocycles. The summed E-state index contributed by atoms with van der Waals surface area (Å²) in [5, 5.41) is 1.04. The first-order valence-corrected chi connectivity index (χ1v) is 8.49. The van der Waals surface area contributed by atoms with Crippen molar-refractivity contribution in [3.05, 3.63) is 36.0 Å². The van der Waals surface area contributed by atoms with Crippen LogP contribution in [0.3, 0.4) is 0 Å². The average Bonchev–Trinajstić information content (AvgIpc) is 2.93. The highest BCUT2D eigenvalue weighted by atomic mass is 16.5. The van der Waals surface area contributed by atoms with Gasteiger partial charge in [-0.1, -0.05) is 50.3 Å². The van der Waals surface area contributed by atoms with E-state index in [1.165, 1.54) is 19.3 Å². The van der Waals surface area contributed by atoms with Gasteiger partial charge in [-0.15, -0.1) is 5.92 Å². The molecular weight excluding hydrogens is 286 g/mol.